The van der Waals surface area contributed by atoms with Gasteiger partial charge in [-0.2, -0.15) is 4.99 Å². The van der Waals surface area contributed by atoms with Gasteiger partial charge >= 0.3 is 0 Å². The molecule has 1 nitrogen and oxygen atoms in total. The van der Waals surface area contributed by atoms with Crippen molar-refractivity contribution >= 4 is 23.1 Å². The fourth-order valence-corrected chi connectivity index (χ4v) is 3.26. The molecule has 0 N–H and O–H groups in total. The molecular formula is C18H23NS. The Balaban J connectivity index is 1.85. The van der Waals surface area contributed by atoms with Crippen LogP contribution in [-0.4, -0.2) is 5.16 Å². The number of aliphatic imine (C=N–C) groups is 1. The van der Waals surface area contributed by atoms with Crippen molar-refractivity contribution < 1.29 is 0 Å². The Labute approximate surface area is 127 Å². The van der Waals surface area contributed by atoms with Gasteiger partial charge in [-0.05, 0) is 87.2 Å². The normalized spacial score (nSPS) is 22.6. The minimum atomic E-state index is 0.735. The standard InChI is InChI=1S/C18H23NS/c1-2-3-4-5-15-6-8-16(9-7-15)17-10-12-18(13-11-17)19-14-20/h2-3,10-13,15-16H,4-9H2,1H3/b3-2+/t15-,16-. The van der Waals surface area contributed by atoms with Gasteiger partial charge in [0.1, 0.15) is 0 Å². The zero-order chi connectivity index (χ0) is 14.2. The first-order chi connectivity index (χ1) is 9.83. The van der Waals surface area contributed by atoms with Gasteiger partial charge in [0.05, 0.1) is 10.8 Å². The minimum absolute atomic E-state index is 0.735. The zero-order valence-corrected chi connectivity index (χ0v) is 13.0. The van der Waals surface area contributed by atoms with Crippen LogP contribution in [0, 0.1) is 5.92 Å². The van der Waals surface area contributed by atoms with Crippen LogP contribution < -0.4 is 0 Å². The summed E-state index contributed by atoms with van der Waals surface area (Å²) in [5, 5.41) is 2.42. The average molecular weight is 285 g/mol. The van der Waals surface area contributed by atoms with Crippen LogP contribution in [-0.2, 0) is 0 Å². The van der Waals surface area contributed by atoms with Crippen LogP contribution in [0.1, 0.15) is 56.9 Å². The van der Waals surface area contributed by atoms with Crippen LogP contribution in [0.25, 0.3) is 0 Å². The Morgan fingerprint density at radius 1 is 1.20 bits per heavy atom. The van der Waals surface area contributed by atoms with Crippen LogP contribution in [0.2, 0.25) is 0 Å². The number of hydrogen-bond acceptors (Lipinski definition) is 2. The molecule has 0 radical (unpaired) electrons. The molecule has 1 aliphatic carbocycles. The van der Waals surface area contributed by atoms with Gasteiger partial charge < -0.3 is 0 Å². The Kier molecular flexibility index (Phi) is 6.17. The molecule has 0 saturated heterocycles. The first kappa shape index (κ1) is 15.2. The number of rotatable bonds is 5. The van der Waals surface area contributed by atoms with Gasteiger partial charge in [0.15, 0.2) is 0 Å². The molecule has 106 valence electrons. The summed E-state index contributed by atoms with van der Waals surface area (Å²) in [7, 11) is 0. The van der Waals surface area contributed by atoms with E-state index in [0.717, 1.165) is 17.5 Å². The molecular weight excluding hydrogens is 262 g/mol. The lowest BCUT2D eigenvalue weighted by Crippen LogP contribution is -2.13. The Morgan fingerprint density at radius 3 is 2.50 bits per heavy atom. The highest BCUT2D eigenvalue weighted by Crippen LogP contribution is 2.37. The summed E-state index contributed by atoms with van der Waals surface area (Å²) < 4.78 is 0. The fourth-order valence-electron chi connectivity index (χ4n) is 3.16. The third kappa shape index (κ3) is 4.40. The molecule has 0 spiro atoms. The monoisotopic (exact) mass is 285 g/mol. The van der Waals surface area contributed by atoms with Crippen molar-refractivity contribution in [2.45, 2.75) is 51.4 Å². The summed E-state index contributed by atoms with van der Waals surface area (Å²) in [4.78, 5) is 4.01. The maximum Gasteiger partial charge on any atom is 0.0739 e. The quantitative estimate of drug-likeness (QED) is 0.364. The predicted octanol–water partition coefficient (Wildman–Crippen LogP) is 6.05. The van der Waals surface area contributed by atoms with Crippen molar-refractivity contribution in [1.29, 1.82) is 0 Å². The topological polar surface area (TPSA) is 12.4 Å². The van der Waals surface area contributed by atoms with Crippen LogP contribution in [0.5, 0.6) is 0 Å². The van der Waals surface area contributed by atoms with E-state index in [1.807, 2.05) is 12.1 Å². The van der Waals surface area contributed by atoms with Gasteiger partial charge in [0.2, 0.25) is 0 Å². The smallest absolute Gasteiger partial charge is 0.0739 e. The molecule has 0 unspecified atom stereocenters. The summed E-state index contributed by atoms with van der Waals surface area (Å²) in [5.74, 6) is 1.67. The van der Waals surface area contributed by atoms with Crippen molar-refractivity contribution in [3.8, 4) is 0 Å². The van der Waals surface area contributed by atoms with Gasteiger partial charge in [-0.3, -0.25) is 0 Å². The maximum absolute atomic E-state index is 4.63. The summed E-state index contributed by atoms with van der Waals surface area (Å²) in [6.07, 6.45) is 12.5. The number of isothiocyanates is 1. The van der Waals surface area contributed by atoms with Crippen LogP contribution in [0.3, 0.4) is 0 Å². The molecule has 1 aromatic rings. The Hall–Kier alpha value is -1.24. The molecule has 0 aliphatic heterocycles. The molecule has 1 aromatic carbocycles. The molecule has 0 bridgehead atoms. The molecule has 1 aliphatic rings. The van der Waals surface area contributed by atoms with E-state index in [2.05, 4.69) is 53.6 Å². The van der Waals surface area contributed by atoms with E-state index < -0.39 is 0 Å². The zero-order valence-electron chi connectivity index (χ0n) is 12.2. The highest BCUT2D eigenvalue weighted by molar-refractivity contribution is 7.78. The van der Waals surface area contributed by atoms with Gasteiger partial charge in [0, 0.05) is 0 Å². The Morgan fingerprint density at radius 2 is 1.90 bits per heavy atom. The number of hydrogen-bond donors (Lipinski definition) is 0. The van der Waals surface area contributed by atoms with Gasteiger partial charge in [-0.1, -0.05) is 24.3 Å². The summed E-state index contributed by atoms with van der Waals surface area (Å²) >= 11 is 4.63. The second-order valence-corrected chi connectivity index (χ2v) is 5.84. The van der Waals surface area contributed by atoms with Gasteiger partial charge in [-0.25, -0.2) is 0 Å². The molecule has 0 atom stereocenters. The van der Waals surface area contributed by atoms with E-state index in [-0.39, 0.29) is 0 Å². The number of nitrogens with zero attached hydrogens (tertiary/aromatic N) is 1. The van der Waals surface area contributed by atoms with E-state index in [0.29, 0.717) is 0 Å². The summed E-state index contributed by atoms with van der Waals surface area (Å²) in [6.45, 7) is 2.11. The molecule has 1 fully saturated rings. The molecule has 0 heterocycles. The predicted molar refractivity (Wildman–Crippen MR) is 89.9 cm³/mol. The van der Waals surface area contributed by atoms with Crippen LogP contribution in [0.4, 0.5) is 5.69 Å². The van der Waals surface area contributed by atoms with E-state index in [1.54, 1.807) is 0 Å². The fraction of sp³-hybridized carbons (Fsp3) is 0.500. The lowest BCUT2D eigenvalue weighted by atomic mass is 9.77. The second-order valence-electron chi connectivity index (χ2n) is 5.66. The van der Waals surface area contributed by atoms with E-state index in [9.17, 15) is 0 Å². The lowest BCUT2D eigenvalue weighted by molar-refractivity contribution is 0.312. The van der Waals surface area contributed by atoms with E-state index in [4.69, 9.17) is 0 Å². The van der Waals surface area contributed by atoms with E-state index in [1.165, 1.54) is 44.1 Å². The van der Waals surface area contributed by atoms with Crippen LogP contribution >= 0.6 is 12.2 Å². The van der Waals surface area contributed by atoms with Crippen molar-refractivity contribution in [2.75, 3.05) is 0 Å². The van der Waals surface area contributed by atoms with Gasteiger partial charge in [0.25, 0.3) is 0 Å². The third-order valence-corrected chi connectivity index (χ3v) is 4.45. The lowest BCUT2D eigenvalue weighted by Gasteiger charge is -2.28. The number of thiocarbonyl (C=S) groups is 1. The largest absolute Gasteiger partial charge is 0.195 e. The Bertz CT molecular complexity index is 475. The minimum Gasteiger partial charge on any atom is -0.195 e. The van der Waals surface area contributed by atoms with Crippen molar-refractivity contribution in [2.24, 2.45) is 10.9 Å². The highest BCUT2D eigenvalue weighted by Gasteiger charge is 2.21. The van der Waals surface area contributed by atoms with E-state index >= 15 is 0 Å². The number of benzene rings is 1. The second kappa shape index (κ2) is 8.14. The van der Waals surface area contributed by atoms with Crippen molar-refractivity contribution in [1.82, 2.24) is 0 Å². The van der Waals surface area contributed by atoms with Crippen LogP contribution in [0.15, 0.2) is 41.4 Å². The third-order valence-electron chi connectivity index (χ3n) is 4.36. The molecule has 1 saturated carbocycles. The highest BCUT2D eigenvalue weighted by atomic mass is 32.1. The SMILES string of the molecule is C/C=C/CC[C@H]1CC[C@H](c2ccc(N=C=S)cc2)CC1. The molecule has 20 heavy (non-hydrogen) atoms. The summed E-state index contributed by atoms with van der Waals surface area (Å²) in [5.41, 5.74) is 2.36. The molecule has 2 heteroatoms. The van der Waals surface area contributed by atoms with Gasteiger partial charge in [-0.15, -0.1) is 0 Å². The molecule has 2 rings (SSSR count). The molecule has 0 aromatic heterocycles. The first-order valence-corrected chi connectivity index (χ1v) is 8.03. The van der Waals surface area contributed by atoms with Crippen molar-refractivity contribution in [3.05, 3.63) is 42.0 Å². The molecule has 0 amide bonds. The van der Waals surface area contributed by atoms with Crippen molar-refractivity contribution in [3.63, 3.8) is 0 Å². The number of allylic oxidation sites excluding steroid dienone is 2. The average Bonchev–Trinajstić information content (AvgIpc) is 2.49. The maximum atomic E-state index is 4.63. The summed E-state index contributed by atoms with van der Waals surface area (Å²) in [6, 6.07) is 8.51. The first-order valence-electron chi connectivity index (χ1n) is 7.62.